The molecule has 1 atom stereocenters. The van der Waals surface area contributed by atoms with Gasteiger partial charge in [0.25, 0.3) is 5.91 Å². The van der Waals surface area contributed by atoms with E-state index in [4.69, 9.17) is 30.8 Å². The third-order valence-electron chi connectivity index (χ3n) is 7.06. The van der Waals surface area contributed by atoms with Gasteiger partial charge in [0, 0.05) is 17.8 Å². The number of aromatic nitrogens is 2. The monoisotopic (exact) mass is 585 g/mol. The maximum absolute atomic E-state index is 13.9. The van der Waals surface area contributed by atoms with E-state index < -0.39 is 12.1 Å². The summed E-state index contributed by atoms with van der Waals surface area (Å²) >= 11 is 6.63. The maximum atomic E-state index is 13.9. The summed E-state index contributed by atoms with van der Waals surface area (Å²) < 4.78 is 18.7. The lowest BCUT2D eigenvalue weighted by Gasteiger charge is -2.25. The summed E-state index contributed by atoms with van der Waals surface area (Å²) in [5.41, 5.74) is 2.92. The number of carboxylic acid groups (broad SMARTS) is 1. The Bertz CT molecular complexity index is 1370. The summed E-state index contributed by atoms with van der Waals surface area (Å²) in [4.78, 5) is 32.1. The Balaban J connectivity index is 1.99. The number of hydrogen-bond acceptors (Lipinski definition) is 6. The smallest absolute Gasteiger partial charge is 0.344 e. The molecule has 41 heavy (non-hydrogen) atoms. The minimum Gasteiger partial charge on any atom is -0.493 e. The predicted octanol–water partition coefficient (Wildman–Crippen LogP) is 6.15. The molecule has 9 nitrogen and oxygen atoms in total. The number of amides is 1. The van der Waals surface area contributed by atoms with Crippen molar-refractivity contribution in [1.82, 2.24) is 14.5 Å². The first-order valence-corrected chi connectivity index (χ1v) is 14.1. The standard InChI is InChI=1S/C31H40ClN3O6/c1-8-24(31(37)38)41-25-12-10-9-11-22(25)17-35-21(5)20(4)33-27(35)18-34(16-15-19(2)3)30(36)23-13-14-26(39-6)29(40-7)28(23)32/h9-14,19,24H,8,15-18H2,1-7H3,(H,37,38). The van der Waals surface area contributed by atoms with Crippen molar-refractivity contribution in [2.75, 3.05) is 20.8 Å². The van der Waals surface area contributed by atoms with Crippen LogP contribution < -0.4 is 14.2 Å². The van der Waals surface area contributed by atoms with Gasteiger partial charge in [-0.1, -0.05) is 50.6 Å². The highest BCUT2D eigenvalue weighted by atomic mass is 35.5. The molecule has 2 aromatic carbocycles. The number of para-hydroxylation sites is 1. The van der Waals surface area contributed by atoms with E-state index in [0.29, 0.717) is 54.1 Å². The molecule has 10 heteroatoms. The van der Waals surface area contributed by atoms with Gasteiger partial charge in [-0.2, -0.15) is 0 Å². The number of aryl methyl sites for hydroxylation is 1. The fourth-order valence-corrected chi connectivity index (χ4v) is 4.81. The number of nitrogens with zero attached hydrogens (tertiary/aromatic N) is 3. The van der Waals surface area contributed by atoms with E-state index in [0.717, 1.165) is 23.4 Å². The molecule has 222 valence electrons. The van der Waals surface area contributed by atoms with Gasteiger partial charge in [0.1, 0.15) is 11.6 Å². The number of methoxy groups -OCH3 is 2. The molecule has 3 rings (SSSR count). The van der Waals surface area contributed by atoms with Crippen molar-refractivity contribution in [2.45, 2.75) is 66.7 Å². The minimum atomic E-state index is -1.01. The lowest BCUT2D eigenvalue weighted by Crippen LogP contribution is -2.33. The Morgan fingerprint density at radius 3 is 2.39 bits per heavy atom. The van der Waals surface area contributed by atoms with Crippen LogP contribution in [0.4, 0.5) is 0 Å². The van der Waals surface area contributed by atoms with Crippen molar-refractivity contribution in [3.63, 3.8) is 0 Å². The largest absolute Gasteiger partial charge is 0.493 e. The van der Waals surface area contributed by atoms with Gasteiger partial charge in [-0.3, -0.25) is 4.79 Å². The predicted molar refractivity (Wildman–Crippen MR) is 158 cm³/mol. The summed E-state index contributed by atoms with van der Waals surface area (Å²) in [6.07, 6.45) is 0.181. The summed E-state index contributed by atoms with van der Waals surface area (Å²) in [7, 11) is 3.00. The van der Waals surface area contributed by atoms with Gasteiger partial charge in [-0.05, 0) is 50.8 Å². The van der Waals surface area contributed by atoms with Gasteiger partial charge in [0.2, 0.25) is 0 Å². The second kappa shape index (κ2) is 14.3. The van der Waals surface area contributed by atoms with Crippen LogP contribution in [0.15, 0.2) is 36.4 Å². The highest BCUT2D eigenvalue weighted by Gasteiger charge is 2.26. The maximum Gasteiger partial charge on any atom is 0.344 e. The Kier molecular flexibility index (Phi) is 11.1. The number of carbonyl (C=O) groups is 2. The third kappa shape index (κ3) is 7.52. The fourth-order valence-electron chi connectivity index (χ4n) is 4.50. The van der Waals surface area contributed by atoms with E-state index in [2.05, 4.69) is 13.8 Å². The number of aliphatic carboxylic acids is 1. The van der Waals surface area contributed by atoms with Crippen LogP contribution in [0.3, 0.4) is 0 Å². The zero-order valence-electron chi connectivity index (χ0n) is 24.9. The van der Waals surface area contributed by atoms with E-state index in [1.165, 1.54) is 14.2 Å². The Labute approximate surface area is 247 Å². The van der Waals surface area contributed by atoms with Gasteiger partial charge in [0.05, 0.1) is 43.6 Å². The molecular weight excluding hydrogens is 546 g/mol. The molecule has 0 spiro atoms. The van der Waals surface area contributed by atoms with E-state index in [1.54, 1.807) is 30.0 Å². The number of halogens is 1. The second-order valence-corrected chi connectivity index (χ2v) is 10.7. The van der Waals surface area contributed by atoms with Gasteiger partial charge >= 0.3 is 5.97 Å². The van der Waals surface area contributed by atoms with Crippen LogP contribution >= 0.6 is 11.6 Å². The number of hydrogen-bond donors (Lipinski definition) is 1. The number of rotatable bonds is 14. The third-order valence-corrected chi connectivity index (χ3v) is 7.44. The highest BCUT2D eigenvalue weighted by molar-refractivity contribution is 6.35. The van der Waals surface area contributed by atoms with Crippen LogP contribution in [0.5, 0.6) is 17.2 Å². The molecule has 0 aliphatic carbocycles. The van der Waals surface area contributed by atoms with Crippen LogP contribution in [0.25, 0.3) is 0 Å². The molecular formula is C31H40ClN3O6. The molecule has 0 bridgehead atoms. The highest BCUT2D eigenvalue weighted by Crippen LogP contribution is 2.38. The van der Waals surface area contributed by atoms with Crippen LogP contribution in [0.1, 0.15) is 66.7 Å². The Hall–Kier alpha value is -3.72. The quantitative estimate of drug-likeness (QED) is 0.242. The summed E-state index contributed by atoms with van der Waals surface area (Å²) in [6, 6.07) is 10.7. The van der Waals surface area contributed by atoms with E-state index in [9.17, 15) is 14.7 Å². The minimum absolute atomic E-state index is 0.192. The normalized spacial score (nSPS) is 11.8. The molecule has 0 aliphatic rings. The van der Waals surface area contributed by atoms with Crippen LogP contribution in [-0.2, 0) is 17.9 Å². The number of carbonyl (C=O) groups excluding carboxylic acids is 1. The van der Waals surface area contributed by atoms with Crippen LogP contribution in [0.2, 0.25) is 5.02 Å². The van der Waals surface area contributed by atoms with E-state index in [1.807, 2.05) is 36.6 Å². The number of imidazole rings is 1. The lowest BCUT2D eigenvalue weighted by atomic mass is 10.1. The lowest BCUT2D eigenvalue weighted by molar-refractivity contribution is -0.145. The van der Waals surface area contributed by atoms with Crippen LogP contribution in [-0.4, -0.2) is 58.3 Å². The molecule has 0 aliphatic heterocycles. The summed E-state index contributed by atoms with van der Waals surface area (Å²) in [6.45, 7) is 11.1. The first kappa shape index (κ1) is 31.8. The van der Waals surface area contributed by atoms with Crippen molar-refractivity contribution in [1.29, 1.82) is 0 Å². The average molecular weight is 586 g/mol. The fraction of sp³-hybridized carbons (Fsp3) is 0.452. The molecule has 1 unspecified atom stereocenters. The Morgan fingerprint density at radius 1 is 1.07 bits per heavy atom. The number of ether oxygens (including phenoxy) is 3. The zero-order valence-corrected chi connectivity index (χ0v) is 25.6. The first-order valence-electron chi connectivity index (χ1n) is 13.7. The van der Waals surface area contributed by atoms with Crippen molar-refractivity contribution in [2.24, 2.45) is 5.92 Å². The van der Waals surface area contributed by atoms with Crippen molar-refractivity contribution in [3.8, 4) is 17.2 Å². The van der Waals surface area contributed by atoms with E-state index >= 15 is 0 Å². The first-order chi connectivity index (χ1) is 19.5. The van der Waals surface area contributed by atoms with E-state index in [-0.39, 0.29) is 17.5 Å². The molecule has 0 saturated carbocycles. The molecule has 1 amide bonds. The van der Waals surface area contributed by atoms with Gasteiger partial charge in [-0.15, -0.1) is 0 Å². The molecule has 0 radical (unpaired) electrons. The molecule has 0 saturated heterocycles. The molecule has 0 fully saturated rings. The average Bonchev–Trinajstić information content (AvgIpc) is 3.20. The zero-order chi connectivity index (χ0) is 30.3. The molecule has 1 aromatic heterocycles. The Morgan fingerprint density at radius 2 is 1.78 bits per heavy atom. The van der Waals surface area contributed by atoms with Gasteiger partial charge in [-0.25, -0.2) is 9.78 Å². The molecule has 1 heterocycles. The topological polar surface area (TPSA) is 103 Å². The summed E-state index contributed by atoms with van der Waals surface area (Å²) in [5.74, 6) is 1.08. The summed E-state index contributed by atoms with van der Waals surface area (Å²) in [5, 5.41) is 9.71. The molecule has 3 aromatic rings. The van der Waals surface area contributed by atoms with Crippen molar-refractivity contribution >= 4 is 23.5 Å². The van der Waals surface area contributed by atoms with Gasteiger partial charge in [0.15, 0.2) is 17.6 Å². The van der Waals surface area contributed by atoms with Crippen molar-refractivity contribution < 1.29 is 28.9 Å². The van der Waals surface area contributed by atoms with Crippen LogP contribution in [0, 0.1) is 19.8 Å². The number of benzene rings is 2. The van der Waals surface area contributed by atoms with Crippen molar-refractivity contribution in [3.05, 3.63) is 69.8 Å². The molecule has 1 N–H and O–H groups in total. The van der Waals surface area contributed by atoms with Gasteiger partial charge < -0.3 is 28.8 Å². The second-order valence-electron chi connectivity index (χ2n) is 10.3. The SMILES string of the molecule is CCC(Oc1ccccc1Cn1c(CN(CCC(C)C)C(=O)c2ccc(OC)c(OC)c2Cl)nc(C)c1C)C(=O)O. The number of carboxylic acids is 1.